The summed E-state index contributed by atoms with van der Waals surface area (Å²) in [5.74, 6) is 0.0278. The normalized spacial score (nSPS) is 13.8. The summed E-state index contributed by atoms with van der Waals surface area (Å²) in [5, 5.41) is 4.91. The van der Waals surface area contributed by atoms with E-state index in [2.05, 4.69) is 34.2 Å². The maximum absolute atomic E-state index is 14.8. The van der Waals surface area contributed by atoms with Gasteiger partial charge in [-0.25, -0.2) is 9.37 Å². The molecule has 33 heavy (non-hydrogen) atoms. The monoisotopic (exact) mass is 492 g/mol. The summed E-state index contributed by atoms with van der Waals surface area (Å²) in [7, 11) is 0. The Bertz CT molecular complexity index is 1090. The molecule has 178 valence electrons. The van der Waals surface area contributed by atoms with Gasteiger partial charge in [0.25, 0.3) is 5.91 Å². The largest absolute Gasteiger partial charge is 0.354 e. The lowest BCUT2D eigenvalue weighted by atomic mass is 10.0. The van der Waals surface area contributed by atoms with Gasteiger partial charge < -0.3 is 15.1 Å². The van der Waals surface area contributed by atoms with Gasteiger partial charge in [-0.2, -0.15) is 0 Å². The molecule has 5 nitrogen and oxygen atoms in total. The average Bonchev–Trinajstić information content (AvgIpc) is 2.81. The van der Waals surface area contributed by atoms with Crippen molar-refractivity contribution in [3.63, 3.8) is 0 Å². The first-order valence-corrected chi connectivity index (χ1v) is 11.1. The third-order valence-corrected chi connectivity index (χ3v) is 5.88. The Morgan fingerprint density at radius 3 is 2.42 bits per heavy atom. The van der Waals surface area contributed by atoms with E-state index in [1.165, 1.54) is 6.07 Å². The zero-order valence-electron chi connectivity index (χ0n) is 19.0. The van der Waals surface area contributed by atoms with Gasteiger partial charge >= 0.3 is 0 Å². The maximum Gasteiger partial charge on any atom is 0.254 e. The summed E-state index contributed by atoms with van der Waals surface area (Å²) in [4.78, 5) is 21.9. The van der Waals surface area contributed by atoms with Gasteiger partial charge in [0.2, 0.25) is 0 Å². The number of hydrogen-bond donors (Lipinski definition) is 1. The van der Waals surface area contributed by atoms with Crippen LogP contribution in [0.15, 0.2) is 48.5 Å². The summed E-state index contributed by atoms with van der Waals surface area (Å²) >= 11 is 0. The maximum atomic E-state index is 14.8. The average molecular weight is 493 g/mol. The van der Waals surface area contributed by atoms with Crippen LogP contribution in [0.5, 0.6) is 0 Å². The van der Waals surface area contributed by atoms with Crippen LogP contribution in [0.1, 0.15) is 30.6 Å². The summed E-state index contributed by atoms with van der Waals surface area (Å²) in [6, 6.07) is 14.9. The molecule has 1 saturated heterocycles. The Morgan fingerprint density at radius 2 is 1.76 bits per heavy atom. The lowest BCUT2D eigenvalue weighted by molar-refractivity contribution is 0.0949. The highest BCUT2D eigenvalue weighted by Gasteiger charge is 2.20. The number of aromatic nitrogens is 1. The summed E-state index contributed by atoms with van der Waals surface area (Å²) in [5.41, 5.74) is 1.45. The van der Waals surface area contributed by atoms with Crippen molar-refractivity contribution >= 4 is 47.3 Å². The summed E-state index contributed by atoms with van der Waals surface area (Å²) in [6.45, 7) is 9.58. The molecule has 0 atom stereocenters. The SMILES string of the molecule is CCCNC(=O)c1ccc(-c2cc3ccccc3c(N3CCN(CC)CC3)n2)cc1F.Cl.Cl. The minimum Gasteiger partial charge on any atom is -0.354 e. The predicted molar refractivity (Wildman–Crippen MR) is 139 cm³/mol. The Balaban J connectivity index is 0.00000193. The molecule has 1 amide bonds. The minimum absolute atomic E-state index is 0. The number of fused-ring (bicyclic) bond motifs is 1. The van der Waals surface area contributed by atoms with E-state index in [0.29, 0.717) is 17.8 Å². The van der Waals surface area contributed by atoms with E-state index in [-0.39, 0.29) is 36.3 Å². The summed E-state index contributed by atoms with van der Waals surface area (Å²) in [6.07, 6.45) is 0.807. The molecule has 0 bridgehead atoms. The molecule has 8 heteroatoms. The van der Waals surface area contributed by atoms with Crippen LogP contribution in [0.4, 0.5) is 10.2 Å². The van der Waals surface area contributed by atoms with Gasteiger partial charge in [-0.15, -0.1) is 24.8 Å². The molecule has 1 fully saturated rings. The van der Waals surface area contributed by atoms with Crippen LogP contribution in [0, 0.1) is 5.82 Å². The highest BCUT2D eigenvalue weighted by atomic mass is 35.5. The van der Waals surface area contributed by atoms with Crippen molar-refractivity contribution in [2.24, 2.45) is 0 Å². The number of likely N-dealkylation sites (N-methyl/N-ethyl adjacent to an activating group) is 1. The van der Waals surface area contributed by atoms with Crippen molar-refractivity contribution in [3.8, 4) is 11.3 Å². The number of amides is 1. The molecule has 2 aromatic carbocycles. The van der Waals surface area contributed by atoms with E-state index < -0.39 is 5.82 Å². The quantitative estimate of drug-likeness (QED) is 0.515. The topological polar surface area (TPSA) is 48.5 Å². The molecule has 3 aromatic rings. The molecule has 0 spiro atoms. The fraction of sp³-hybridized carbons (Fsp3) is 0.360. The highest BCUT2D eigenvalue weighted by molar-refractivity contribution is 5.96. The van der Waals surface area contributed by atoms with Crippen LogP contribution in [0.2, 0.25) is 0 Å². The molecule has 0 radical (unpaired) electrons. The van der Waals surface area contributed by atoms with Crippen LogP contribution in [0.3, 0.4) is 0 Å². The molecular formula is C25H31Cl2FN4O. The van der Waals surface area contributed by atoms with E-state index >= 15 is 0 Å². The van der Waals surface area contributed by atoms with Gasteiger partial charge in [0.1, 0.15) is 11.6 Å². The van der Waals surface area contributed by atoms with Crippen LogP contribution in [-0.4, -0.2) is 55.1 Å². The van der Waals surface area contributed by atoms with Crippen molar-refractivity contribution in [3.05, 3.63) is 59.9 Å². The molecule has 0 saturated carbocycles. The molecule has 0 aliphatic carbocycles. The fourth-order valence-electron chi connectivity index (χ4n) is 4.04. The Hall–Kier alpha value is -2.41. The van der Waals surface area contributed by atoms with E-state index in [1.807, 2.05) is 25.1 Å². The van der Waals surface area contributed by atoms with E-state index in [1.54, 1.807) is 12.1 Å². The van der Waals surface area contributed by atoms with Crippen LogP contribution < -0.4 is 10.2 Å². The zero-order valence-corrected chi connectivity index (χ0v) is 20.6. The van der Waals surface area contributed by atoms with E-state index in [4.69, 9.17) is 4.98 Å². The number of nitrogens with zero attached hydrogens (tertiary/aromatic N) is 3. The second kappa shape index (κ2) is 12.2. The van der Waals surface area contributed by atoms with Crippen molar-refractivity contribution in [2.75, 3.05) is 44.2 Å². The van der Waals surface area contributed by atoms with Gasteiger partial charge in [0.05, 0.1) is 11.3 Å². The number of pyridine rings is 1. The third kappa shape index (κ3) is 5.94. The molecular weight excluding hydrogens is 462 g/mol. The van der Waals surface area contributed by atoms with Gasteiger partial charge in [0, 0.05) is 43.7 Å². The van der Waals surface area contributed by atoms with Crippen molar-refractivity contribution in [1.29, 1.82) is 0 Å². The second-order valence-corrected chi connectivity index (χ2v) is 7.92. The zero-order chi connectivity index (χ0) is 21.8. The number of nitrogens with one attached hydrogen (secondary N) is 1. The first-order chi connectivity index (χ1) is 15.1. The van der Waals surface area contributed by atoms with Crippen molar-refractivity contribution < 1.29 is 9.18 Å². The molecule has 1 aromatic heterocycles. The minimum atomic E-state index is -0.529. The smallest absolute Gasteiger partial charge is 0.254 e. The highest BCUT2D eigenvalue weighted by Crippen LogP contribution is 2.31. The number of benzene rings is 2. The Kier molecular flexibility index (Phi) is 9.89. The van der Waals surface area contributed by atoms with Crippen molar-refractivity contribution in [1.82, 2.24) is 15.2 Å². The van der Waals surface area contributed by atoms with E-state index in [0.717, 1.165) is 55.7 Å². The number of halogens is 3. The molecule has 4 rings (SSSR count). The lowest BCUT2D eigenvalue weighted by Crippen LogP contribution is -2.46. The Morgan fingerprint density at radius 1 is 1.03 bits per heavy atom. The molecule has 2 heterocycles. The predicted octanol–water partition coefficient (Wildman–Crippen LogP) is 5.17. The van der Waals surface area contributed by atoms with Crippen LogP contribution in [-0.2, 0) is 0 Å². The number of piperazine rings is 1. The van der Waals surface area contributed by atoms with Gasteiger partial charge in [-0.3, -0.25) is 4.79 Å². The molecule has 0 unspecified atom stereocenters. The van der Waals surface area contributed by atoms with Crippen molar-refractivity contribution in [2.45, 2.75) is 20.3 Å². The van der Waals surface area contributed by atoms with E-state index in [9.17, 15) is 9.18 Å². The standard InChI is InChI=1S/C25H29FN4O.2ClH/c1-3-11-27-25(31)21-10-9-19(16-22(21)26)23-17-18-7-5-6-8-20(18)24(28-23)30-14-12-29(4-2)13-15-30;;/h5-10,16-17H,3-4,11-15H2,1-2H3,(H,27,31);2*1H. The van der Waals surface area contributed by atoms with Crippen LogP contribution in [0.25, 0.3) is 22.0 Å². The second-order valence-electron chi connectivity index (χ2n) is 7.92. The number of rotatable bonds is 6. The molecule has 1 aliphatic heterocycles. The number of carbonyl (C=O) groups is 1. The lowest BCUT2D eigenvalue weighted by Gasteiger charge is -2.35. The number of carbonyl (C=O) groups excluding carboxylic acids is 1. The fourth-order valence-corrected chi connectivity index (χ4v) is 4.04. The van der Waals surface area contributed by atoms with Gasteiger partial charge in [-0.05, 0) is 36.6 Å². The number of anilines is 1. The molecule has 1 N–H and O–H groups in total. The van der Waals surface area contributed by atoms with Crippen LogP contribution >= 0.6 is 24.8 Å². The Labute approximate surface area is 207 Å². The number of hydrogen-bond acceptors (Lipinski definition) is 4. The van der Waals surface area contributed by atoms with Gasteiger partial charge in [-0.1, -0.05) is 44.2 Å². The first kappa shape index (κ1) is 26.8. The third-order valence-electron chi connectivity index (χ3n) is 5.88. The molecule has 1 aliphatic rings. The summed E-state index contributed by atoms with van der Waals surface area (Å²) < 4.78 is 14.8. The van der Waals surface area contributed by atoms with Gasteiger partial charge in [0.15, 0.2) is 0 Å². The first-order valence-electron chi connectivity index (χ1n) is 11.1.